The van der Waals surface area contributed by atoms with E-state index < -0.39 is 16.7 Å². The van der Waals surface area contributed by atoms with Gasteiger partial charge in [0.05, 0.1) is 4.87 Å². The lowest BCUT2D eigenvalue weighted by Crippen LogP contribution is -2.26. The third kappa shape index (κ3) is 5.51. The second-order valence-electron chi connectivity index (χ2n) is 2.34. The van der Waals surface area contributed by atoms with Crippen LogP contribution in [0.2, 0.25) is 0 Å². The number of rotatable bonds is 3. The summed E-state index contributed by atoms with van der Waals surface area (Å²) >= 11 is 15.4. The Kier molecular flexibility index (Phi) is 3.67. The highest BCUT2D eigenvalue weighted by Gasteiger charge is 2.35. The first-order chi connectivity index (χ1) is 4.27. The summed E-state index contributed by atoms with van der Waals surface area (Å²) < 4.78 is 24.1. The van der Waals surface area contributed by atoms with Crippen LogP contribution in [-0.4, -0.2) is 16.1 Å². The molecule has 0 amide bonds. The molecule has 0 aliphatic carbocycles. The minimum Gasteiger partial charge on any atom is -0.188 e. The van der Waals surface area contributed by atoms with Crippen molar-refractivity contribution in [2.24, 2.45) is 0 Å². The van der Waals surface area contributed by atoms with Gasteiger partial charge in [0.1, 0.15) is 0 Å². The van der Waals surface area contributed by atoms with Crippen LogP contribution in [0.3, 0.4) is 0 Å². The Morgan fingerprint density at radius 2 is 1.70 bits per heavy atom. The molecule has 10 heavy (non-hydrogen) atoms. The molecule has 0 radical (unpaired) electrons. The molecule has 0 aromatic carbocycles. The van der Waals surface area contributed by atoms with Crippen molar-refractivity contribution in [1.29, 1.82) is 0 Å². The predicted octanol–water partition coefficient (Wildman–Crippen LogP) is 3.44. The molecule has 0 spiro atoms. The van der Waals surface area contributed by atoms with Crippen LogP contribution in [-0.2, 0) is 0 Å². The van der Waals surface area contributed by atoms with E-state index in [9.17, 15) is 8.78 Å². The third-order valence-electron chi connectivity index (χ3n) is 0.848. The maximum absolute atomic E-state index is 12.0. The molecule has 1 unspecified atom stereocenters. The summed E-state index contributed by atoms with van der Waals surface area (Å²) in [6.45, 7) is 1.41. The summed E-state index contributed by atoms with van der Waals surface area (Å²) in [7, 11) is 0. The molecule has 5 heteroatoms. The van der Waals surface area contributed by atoms with Crippen molar-refractivity contribution in [3.63, 3.8) is 0 Å². The van der Waals surface area contributed by atoms with Crippen molar-refractivity contribution < 1.29 is 8.78 Å². The molecule has 62 valence electrons. The van der Waals surface area contributed by atoms with Gasteiger partial charge in [0.2, 0.25) is 0 Å². The zero-order chi connectivity index (χ0) is 8.41. The van der Waals surface area contributed by atoms with Crippen LogP contribution in [0, 0.1) is 0 Å². The van der Waals surface area contributed by atoms with Crippen molar-refractivity contribution >= 4 is 34.8 Å². The van der Waals surface area contributed by atoms with Crippen LogP contribution in [0.4, 0.5) is 8.78 Å². The zero-order valence-electron chi connectivity index (χ0n) is 5.30. The van der Waals surface area contributed by atoms with E-state index in [1.165, 1.54) is 6.92 Å². The van der Waals surface area contributed by atoms with Crippen LogP contribution in [0.15, 0.2) is 0 Å². The molecular weight excluding hydrogens is 204 g/mol. The summed E-state index contributed by atoms with van der Waals surface area (Å²) in [6.07, 6.45) is -0.618. The van der Waals surface area contributed by atoms with Gasteiger partial charge >= 0.3 is 5.38 Å². The van der Waals surface area contributed by atoms with E-state index >= 15 is 0 Å². The number of hydrogen-bond donors (Lipinski definition) is 0. The van der Waals surface area contributed by atoms with Crippen molar-refractivity contribution in [2.45, 2.75) is 23.6 Å². The quantitative estimate of drug-likeness (QED) is 0.627. The summed E-state index contributed by atoms with van der Waals surface area (Å²) in [5.41, 5.74) is 0. The molecular formula is C5H7Cl3F2. The van der Waals surface area contributed by atoms with Gasteiger partial charge in [-0.15, -0.1) is 23.2 Å². The van der Waals surface area contributed by atoms with Gasteiger partial charge < -0.3 is 0 Å². The Hall–Kier alpha value is 0.730. The van der Waals surface area contributed by atoms with E-state index in [0.29, 0.717) is 0 Å². The fraction of sp³-hybridized carbons (Fsp3) is 1.00. The highest BCUT2D eigenvalue weighted by atomic mass is 35.5. The Balaban J connectivity index is 3.89. The first kappa shape index (κ1) is 10.7. The number of halogens is 5. The van der Waals surface area contributed by atoms with Gasteiger partial charge in [-0.05, 0) is 18.5 Å². The van der Waals surface area contributed by atoms with Gasteiger partial charge in [0, 0.05) is 12.3 Å². The average molecular weight is 211 g/mol. The van der Waals surface area contributed by atoms with Gasteiger partial charge in [0.15, 0.2) is 0 Å². The molecule has 0 aromatic heterocycles. The Morgan fingerprint density at radius 1 is 1.30 bits per heavy atom. The van der Waals surface area contributed by atoms with E-state index in [4.69, 9.17) is 23.2 Å². The smallest absolute Gasteiger partial charge is 0.188 e. The van der Waals surface area contributed by atoms with E-state index in [1.54, 1.807) is 0 Å². The first-order valence-corrected chi connectivity index (χ1v) is 3.87. The summed E-state index contributed by atoms with van der Waals surface area (Å²) in [5, 5.41) is -3.26. The first-order valence-electron chi connectivity index (χ1n) is 2.58. The zero-order valence-corrected chi connectivity index (χ0v) is 7.57. The van der Waals surface area contributed by atoms with Crippen LogP contribution >= 0.6 is 34.8 Å². The SMILES string of the molecule is CC(Cl)(CCl)CC(F)(F)Cl. The summed E-state index contributed by atoms with van der Waals surface area (Å²) in [6, 6.07) is 0. The van der Waals surface area contributed by atoms with E-state index in [-0.39, 0.29) is 5.88 Å². The summed E-state index contributed by atoms with van der Waals surface area (Å²) in [5.74, 6) is -0.0448. The molecule has 0 saturated carbocycles. The molecule has 0 heterocycles. The van der Waals surface area contributed by atoms with Crippen LogP contribution in [0.25, 0.3) is 0 Å². The van der Waals surface area contributed by atoms with E-state index in [0.717, 1.165) is 0 Å². The second kappa shape index (κ2) is 3.42. The second-order valence-corrected chi connectivity index (χ2v) is 4.07. The highest BCUT2D eigenvalue weighted by molar-refractivity contribution is 6.31. The minimum atomic E-state index is -3.26. The number of alkyl halides is 5. The molecule has 0 fully saturated rings. The Morgan fingerprint density at radius 3 is 1.80 bits per heavy atom. The molecule has 0 bridgehead atoms. The third-order valence-corrected chi connectivity index (χ3v) is 1.98. The van der Waals surface area contributed by atoms with Gasteiger partial charge in [-0.25, -0.2) is 0 Å². The normalized spacial score (nSPS) is 18.6. The van der Waals surface area contributed by atoms with Gasteiger partial charge in [-0.3, -0.25) is 0 Å². The van der Waals surface area contributed by atoms with Crippen molar-refractivity contribution in [3.8, 4) is 0 Å². The van der Waals surface area contributed by atoms with Crippen molar-refractivity contribution in [3.05, 3.63) is 0 Å². The van der Waals surface area contributed by atoms with E-state index in [1.807, 2.05) is 0 Å². The minimum absolute atomic E-state index is 0.0448. The van der Waals surface area contributed by atoms with Crippen LogP contribution in [0.5, 0.6) is 0 Å². The van der Waals surface area contributed by atoms with Crippen LogP contribution in [0.1, 0.15) is 13.3 Å². The van der Waals surface area contributed by atoms with Crippen molar-refractivity contribution in [1.82, 2.24) is 0 Å². The molecule has 0 aromatic rings. The highest BCUT2D eigenvalue weighted by Crippen LogP contribution is 2.34. The fourth-order valence-corrected chi connectivity index (χ4v) is 1.09. The largest absolute Gasteiger partial charge is 0.323 e. The maximum Gasteiger partial charge on any atom is 0.323 e. The lowest BCUT2D eigenvalue weighted by molar-refractivity contribution is 0.0766. The molecule has 0 N–H and O–H groups in total. The Bertz CT molecular complexity index is 108. The van der Waals surface area contributed by atoms with E-state index in [2.05, 4.69) is 11.6 Å². The molecule has 1 atom stereocenters. The molecule has 0 rings (SSSR count). The van der Waals surface area contributed by atoms with Gasteiger partial charge in [-0.2, -0.15) is 8.78 Å². The molecule has 0 aliphatic rings. The topological polar surface area (TPSA) is 0 Å². The fourth-order valence-electron chi connectivity index (χ4n) is 0.465. The van der Waals surface area contributed by atoms with Crippen molar-refractivity contribution in [2.75, 3.05) is 5.88 Å². The lowest BCUT2D eigenvalue weighted by atomic mass is 10.1. The summed E-state index contributed by atoms with van der Waals surface area (Å²) in [4.78, 5) is -1.12. The molecule has 0 saturated heterocycles. The maximum atomic E-state index is 12.0. The Labute approximate surface area is 73.4 Å². The monoisotopic (exact) mass is 210 g/mol. The molecule has 0 nitrogen and oxygen atoms in total. The standard InChI is InChI=1S/C5H7Cl3F2/c1-4(7,3-6)2-5(8,9)10/h2-3H2,1H3. The van der Waals surface area contributed by atoms with Gasteiger partial charge in [-0.1, -0.05) is 0 Å². The molecule has 0 aliphatic heterocycles. The lowest BCUT2D eigenvalue weighted by Gasteiger charge is -2.20. The van der Waals surface area contributed by atoms with Crippen LogP contribution < -0.4 is 0 Å². The predicted molar refractivity (Wildman–Crippen MR) is 40.4 cm³/mol. The number of hydrogen-bond acceptors (Lipinski definition) is 0. The average Bonchev–Trinajstić information content (AvgIpc) is 1.60. The van der Waals surface area contributed by atoms with Gasteiger partial charge in [0.25, 0.3) is 0 Å².